The van der Waals surface area contributed by atoms with E-state index in [0.717, 1.165) is 0 Å². The Morgan fingerprint density at radius 3 is 2.50 bits per heavy atom. The van der Waals surface area contributed by atoms with Crippen molar-refractivity contribution in [2.75, 3.05) is 26.8 Å². The molecule has 0 bridgehead atoms. The fourth-order valence-electron chi connectivity index (χ4n) is 1.69. The van der Waals surface area contributed by atoms with Crippen molar-refractivity contribution in [2.24, 2.45) is 5.73 Å². The molecule has 1 saturated heterocycles. The molecule has 1 fully saturated rings. The van der Waals surface area contributed by atoms with Crippen molar-refractivity contribution in [3.05, 3.63) is 0 Å². The molecule has 0 unspecified atom stereocenters. The smallest absolute Gasteiger partial charge is 0.305 e. The Kier molecular flexibility index (Phi) is 4.26. The normalized spacial score (nSPS) is 19.1. The van der Waals surface area contributed by atoms with Gasteiger partial charge in [-0.05, 0) is 12.8 Å². The van der Waals surface area contributed by atoms with Gasteiger partial charge in [0.2, 0.25) is 5.91 Å². The molecular formula is C10H18N2O4. The van der Waals surface area contributed by atoms with E-state index in [4.69, 9.17) is 15.6 Å². The summed E-state index contributed by atoms with van der Waals surface area (Å²) < 4.78 is 5.15. The highest BCUT2D eigenvalue weighted by Gasteiger charge is 2.37. The summed E-state index contributed by atoms with van der Waals surface area (Å²) >= 11 is 0. The number of nitrogens with two attached hydrogens (primary N) is 1. The summed E-state index contributed by atoms with van der Waals surface area (Å²) in [5.74, 6) is -1.12. The number of rotatable bonds is 4. The maximum absolute atomic E-state index is 12.0. The zero-order chi connectivity index (χ0) is 12.2. The fraction of sp³-hybridized carbons (Fsp3) is 0.800. The predicted molar refractivity (Wildman–Crippen MR) is 56.9 cm³/mol. The van der Waals surface area contributed by atoms with Crippen molar-refractivity contribution >= 4 is 11.9 Å². The van der Waals surface area contributed by atoms with Crippen LogP contribution in [-0.2, 0) is 14.3 Å². The summed E-state index contributed by atoms with van der Waals surface area (Å²) in [7, 11) is 1.58. The molecule has 0 aromatic carbocycles. The molecule has 3 N–H and O–H groups in total. The average Bonchev–Trinajstić information content (AvgIpc) is 2.25. The van der Waals surface area contributed by atoms with Crippen molar-refractivity contribution in [1.29, 1.82) is 0 Å². The molecule has 6 heteroatoms. The van der Waals surface area contributed by atoms with Gasteiger partial charge in [0, 0.05) is 26.8 Å². The SMILES string of the molecule is CN(CCC(=O)O)C(=O)C1(N)CCOCC1. The molecule has 1 aliphatic heterocycles. The van der Waals surface area contributed by atoms with Gasteiger partial charge in [-0.3, -0.25) is 9.59 Å². The van der Waals surface area contributed by atoms with Crippen LogP contribution in [0.15, 0.2) is 0 Å². The first-order valence-electron chi connectivity index (χ1n) is 5.30. The summed E-state index contributed by atoms with van der Waals surface area (Å²) in [6, 6.07) is 0. The van der Waals surface area contributed by atoms with Crippen molar-refractivity contribution in [3.63, 3.8) is 0 Å². The van der Waals surface area contributed by atoms with E-state index in [9.17, 15) is 9.59 Å². The average molecular weight is 230 g/mol. The third-order valence-electron chi connectivity index (χ3n) is 2.82. The zero-order valence-corrected chi connectivity index (χ0v) is 9.44. The molecule has 0 radical (unpaired) electrons. The molecule has 1 rings (SSSR count). The number of aliphatic carboxylic acids is 1. The second kappa shape index (κ2) is 5.27. The van der Waals surface area contributed by atoms with Gasteiger partial charge >= 0.3 is 5.97 Å². The minimum atomic E-state index is -0.919. The van der Waals surface area contributed by atoms with E-state index in [1.807, 2.05) is 0 Å². The highest BCUT2D eigenvalue weighted by Crippen LogP contribution is 2.19. The quantitative estimate of drug-likeness (QED) is 0.674. The van der Waals surface area contributed by atoms with E-state index in [2.05, 4.69) is 0 Å². The lowest BCUT2D eigenvalue weighted by atomic mass is 9.90. The van der Waals surface area contributed by atoms with Gasteiger partial charge < -0.3 is 20.5 Å². The lowest BCUT2D eigenvalue weighted by Gasteiger charge is -2.35. The van der Waals surface area contributed by atoms with Crippen molar-refractivity contribution < 1.29 is 19.4 Å². The number of amides is 1. The summed E-state index contributed by atoms with van der Waals surface area (Å²) in [5.41, 5.74) is 5.11. The van der Waals surface area contributed by atoms with E-state index in [0.29, 0.717) is 26.1 Å². The van der Waals surface area contributed by atoms with Gasteiger partial charge in [0.05, 0.1) is 12.0 Å². The summed E-state index contributed by atoms with van der Waals surface area (Å²) in [6.45, 7) is 1.15. The van der Waals surface area contributed by atoms with Crippen LogP contribution in [-0.4, -0.2) is 54.2 Å². The molecule has 1 amide bonds. The van der Waals surface area contributed by atoms with Gasteiger partial charge in [-0.1, -0.05) is 0 Å². The molecule has 0 spiro atoms. The fourth-order valence-corrected chi connectivity index (χ4v) is 1.69. The van der Waals surface area contributed by atoms with E-state index in [1.165, 1.54) is 4.90 Å². The van der Waals surface area contributed by atoms with E-state index >= 15 is 0 Å². The molecule has 92 valence electrons. The van der Waals surface area contributed by atoms with Gasteiger partial charge in [0.25, 0.3) is 0 Å². The first-order chi connectivity index (χ1) is 7.46. The van der Waals surface area contributed by atoms with E-state index in [-0.39, 0.29) is 18.9 Å². The Morgan fingerprint density at radius 2 is 2.00 bits per heavy atom. The van der Waals surface area contributed by atoms with Gasteiger partial charge in [0.1, 0.15) is 0 Å². The van der Waals surface area contributed by atoms with Crippen LogP contribution in [0.5, 0.6) is 0 Å². The molecule has 1 aliphatic rings. The third kappa shape index (κ3) is 3.18. The van der Waals surface area contributed by atoms with Crippen LogP contribution in [0, 0.1) is 0 Å². The lowest BCUT2D eigenvalue weighted by molar-refractivity contribution is -0.141. The van der Waals surface area contributed by atoms with Crippen molar-refractivity contribution in [2.45, 2.75) is 24.8 Å². The Morgan fingerprint density at radius 1 is 1.44 bits per heavy atom. The second-order valence-corrected chi connectivity index (χ2v) is 4.14. The van der Waals surface area contributed by atoms with Crippen LogP contribution >= 0.6 is 0 Å². The number of nitrogens with zero attached hydrogens (tertiary/aromatic N) is 1. The van der Waals surface area contributed by atoms with Crippen LogP contribution in [0.1, 0.15) is 19.3 Å². The van der Waals surface area contributed by atoms with Crippen molar-refractivity contribution in [1.82, 2.24) is 4.90 Å². The molecule has 6 nitrogen and oxygen atoms in total. The number of likely N-dealkylation sites (N-methyl/N-ethyl adjacent to an activating group) is 1. The number of carboxylic acids is 1. The molecule has 0 aromatic heterocycles. The Balaban J connectivity index is 2.51. The number of carboxylic acid groups (broad SMARTS) is 1. The highest BCUT2D eigenvalue weighted by molar-refractivity contribution is 5.86. The van der Waals surface area contributed by atoms with E-state index in [1.54, 1.807) is 7.05 Å². The number of ether oxygens (including phenoxy) is 1. The Bertz CT molecular complexity index is 274. The molecule has 0 aromatic rings. The van der Waals surface area contributed by atoms with Crippen LogP contribution in [0.2, 0.25) is 0 Å². The minimum Gasteiger partial charge on any atom is -0.481 e. The minimum absolute atomic E-state index is 0.0607. The monoisotopic (exact) mass is 230 g/mol. The highest BCUT2D eigenvalue weighted by atomic mass is 16.5. The number of hydrogen-bond donors (Lipinski definition) is 2. The standard InChI is InChI=1S/C10H18N2O4/c1-12(5-2-8(13)14)9(15)10(11)3-6-16-7-4-10/h2-7,11H2,1H3,(H,13,14). The Hall–Kier alpha value is -1.14. The van der Waals surface area contributed by atoms with Crippen LogP contribution < -0.4 is 5.73 Å². The lowest BCUT2D eigenvalue weighted by Crippen LogP contribution is -2.57. The van der Waals surface area contributed by atoms with Gasteiger partial charge in [-0.15, -0.1) is 0 Å². The van der Waals surface area contributed by atoms with E-state index < -0.39 is 11.5 Å². The molecule has 16 heavy (non-hydrogen) atoms. The third-order valence-corrected chi connectivity index (χ3v) is 2.82. The predicted octanol–water partition coefficient (Wildman–Crippen LogP) is -0.573. The largest absolute Gasteiger partial charge is 0.481 e. The summed E-state index contributed by atoms with van der Waals surface area (Å²) in [6.07, 6.45) is 0.918. The number of carbonyl (C=O) groups is 2. The maximum atomic E-state index is 12.0. The van der Waals surface area contributed by atoms with Gasteiger partial charge in [0.15, 0.2) is 0 Å². The second-order valence-electron chi connectivity index (χ2n) is 4.14. The first kappa shape index (κ1) is 12.9. The van der Waals surface area contributed by atoms with Gasteiger partial charge in [-0.25, -0.2) is 0 Å². The molecule has 0 atom stereocenters. The maximum Gasteiger partial charge on any atom is 0.305 e. The van der Waals surface area contributed by atoms with Crippen molar-refractivity contribution in [3.8, 4) is 0 Å². The van der Waals surface area contributed by atoms with Gasteiger partial charge in [-0.2, -0.15) is 0 Å². The molecule has 0 aliphatic carbocycles. The first-order valence-corrected chi connectivity index (χ1v) is 5.30. The van der Waals surface area contributed by atoms with Crippen LogP contribution in [0.4, 0.5) is 0 Å². The van der Waals surface area contributed by atoms with Crippen LogP contribution in [0.3, 0.4) is 0 Å². The summed E-state index contributed by atoms with van der Waals surface area (Å²) in [4.78, 5) is 23.8. The molecule has 0 saturated carbocycles. The number of hydrogen-bond acceptors (Lipinski definition) is 4. The zero-order valence-electron chi connectivity index (χ0n) is 9.44. The molecular weight excluding hydrogens is 212 g/mol. The Labute approximate surface area is 94.3 Å². The topological polar surface area (TPSA) is 92.9 Å². The number of carbonyl (C=O) groups excluding carboxylic acids is 1. The summed E-state index contributed by atoms with van der Waals surface area (Å²) in [5, 5.41) is 8.53. The van der Waals surface area contributed by atoms with Crippen LogP contribution in [0.25, 0.3) is 0 Å². The molecule has 1 heterocycles.